The summed E-state index contributed by atoms with van der Waals surface area (Å²) in [6, 6.07) is 19.1. The monoisotopic (exact) mass is 494 g/mol. The van der Waals surface area contributed by atoms with Gasteiger partial charge in [0, 0.05) is 35.3 Å². The highest BCUT2D eigenvalue weighted by atomic mass is 35.5. The van der Waals surface area contributed by atoms with Gasteiger partial charge in [0.2, 0.25) is 0 Å². The number of hydrogen-bond donors (Lipinski definition) is 1. The van der Waals surface area contributed by atoms with E-state index in [0.29, 0.717) is 47.8 Å². The Kier molecular flexibility index (Phi) is 7.77. The molecule has 0 bridgehead atoms. The van der Waals surface area contributed by atoms with Gasteiger partial charge in [-0.05, 0) is 73.5 Å². The summed E-state index contributed by atoms with van der Waals surface area (Å²) in [5, 5.41) is 3.47. The molecule has 0 aromatic heterocycles. The van der Waals surface area contributed by atoms with Crippen LogP contribution in [-0.4, -0.2) is 48.2 Å². The van der Waals surface area contributed by atoms with E-state index in [2.05, 4.69) is 5.32 Å². The minimum atomic E-state index is -0.535. The molecule has 0 unspecified atom stereocenters. The van der Waals surface area contributed by atoms with Gasteiger partial charge in [-0.2, -0.15) is 0 Å². The first-order chi connectivity index (χ1) is 16.9. The minimum Gasteiger partial charge on any atom is -0.484 e. The van der Waals surface area contributed by atoms with Crippen molar-refractivity contribution in [3.63, 3.8) is 0 Å². The molecule has 1 aliphatic rings. The zero-order chi connectivity index (χ0) is 24.8. The van der Waals surface area contributed by atoms with Gasteiger partial charge in [-0.3, -0.25) is 14.4 Å². The van der Waals surface area contributed by atoms with Crippen molar-refractivity contribution in [3.05, 3.63) is 100 Å². The lowest BCUT2D eigenvalue weighted by molar-refractivity contribution is -0.124. The molecule has 35 heavy (non-hydrogen) atoms. The smallest absolute Gasteiger partial charge is 0.258 e. The van der Waals surface area contributed by atoms with Gasteiger partial charge in [0.25, 0.3) is 11.8 Å². The highest BCUT2D eigenvalue weighted by Crippen LogP contribution is 2.18. The fraction of sp³-hybridized carbons (Fsp3) is 0.222. The van der Waals surface area contributed by atoms with E-state index in [-0.39, 0.29) is 35.8 Å². The van der Waals surface area contributed by atoms with E-state index in [1.54, 1.807) is 65.6 Å². The predicted octanol–water partition coefficient (Wildman–Crippen LogP) is 4.51. The normalized spacial score (nSPS) is 13.8. The highest BCUT2D eigenvalue weighted by molar-refractivity contribution is 6.30. The van der Waals surface area contributed by atoms with Crippen LogP contribution < -0.4 is 10.1 Å². The lowest BCUT2D eigenvalue weighted by Gasteiger charge is -2.32. The molecule has 3 aromatic carbocycles. The maximum atomic E-state index is 13.9. The summed E-state index contributed by atoms with van der Waals surface area (Å²) in [7, 11) is 0. The number of carbonyl (C=O) groups excluding carboxylic acids is 3. The molecule has 0 saturated carbocycles. The zero-order valence-electron chi connectivity index (χ0n) is 18.9. The van der Waals surface area contributed by atoms with Crippen LogP contribution >= 0.6 is 11.6 Å². The van der Waals surface area contributed by atoms with Crippen LogP contribution in [0.25, 0.3) is 0 Å². The molecule has 0 spiro atoms. The Balaban J connectivity index is 1.22. The molecule has 3 aromatic rings. The number of nitrogens with one attached hydrogen (secondary N) is 1. The molecule has 0 aliphatic carbocycles. The molecule has 1 saturated heterocycles. The quantitative estimate of drug-likeness (QED) is 0.490. The van der Waals surface area contributed by atoms with E-state index in [1.807, 2.05) is 0 Å². The van der Waals surface area contributed by atoms with Gasteiger partial charge in [0.1, 0.15) is 11.6 Å². The molecule has 1 fully saturated rings. The molecule has 8 heteroatoms. The predicted molar refractivity (Wildman–Crippen MR) is 130 cm³/mol. The largest absolute Gasteiger partial charge is 0.484 e. The van der Waals surface area contributed by atoms with Crippen molar-refractivity contribution in [2.24, 2.45) is 0 Å². The van der Waals surface area contributed by atoms with Crippen LogP contribution in [0.5, 0.6) is 5.75 Å². The van der Waals surface area contributed by atoms with Crippen LogP contribution in [0.2, 0.25) is 5.02 Å². The first-order valence-electron chi connectivity index (χ1n) is 11.3. The van der Waals surface area contributed by atoms with E-state index >= 15 is 0 Å². The van der Waals surface area contributed by atoms with E-state index in [9.17, 15) is 18.8 Å². The van der Waals surface area contributed by atoms with E-state index < -0.39 is 5.82 Å². The maximum absolute atomic E-state index is 13.9. The Labute approximate surface area is 207 Å². The van der Waals surface area contributed by atoms with Crippen molar-refractivity contribution in [1.82, 2.24) is 10.2 Å². The lowest BCUT2D eigenvalue weighted by Crippen LogP contribution is -2.47. The summed E-state index contributed by atoms with van der Waals surface area (Å²) in [6.45, 7) is 0.697. The number of ketones is 1. The van der Waals surface area contributed by atoms with Crippen LogP contribution in [-0.2, 0) is 4.79 Å². The number of amides is 2. The Morgan fingerprint density at radius 1 is 0.914 bits per heavy atom. The zero-order valence-corrected chi connectivity index (χ0v) is 19.6. The van der Waals surface area contributed by atoms with Gasteiger partial charge in [-0.15, -0.1) is 0 Å². The van der Waals surface area contributed by atoms with E-state index in [0.717, 1.165) is 0 Å². The molecular formula is C27H24ClFN2O4. The van der Waals surface area contributed by atoms with Gasteiger partial charge in [-0.25, -0.2) is 4.39 Å². The van der Waals surface area contributed by atoms with Crippen molar-refractivity contribution in [3.8, 4) is 5.75 Å². The van der Waals surface area contributed by atoms with Crippen molar-refractivity contribution < 1.29 is 23.5 Å². The van der Waals surface area contributed by atoms with Crippen molar-refractivity contribution in [2.45, 2.75) is 18.9 Å². The standard InChI is InChI=1S/C27H24ClFN2O4/c28-20-9-5-18(6-10-20)26(33)19-7-11-22(12-8-19)35-17-25(32)30-21-13-15-31(16-14-21)27(34)23-3-1-2-4-24(23)29/h1-12,21H,13-17H2,(H,30,32). The lowest BCUT2D eigenvalue weighted by atomic mass is 10.0. The Bertz CT molecular complexity index is 1210. The van der Waals surface area contributed by atoms with Gasteiger partial charge >= 0.3 is 0 Å². The molecular weight excluding hydrogens is 471 g/mol. The molecule has 1 aliphatic heterocycles. The van der Waals surface area contributed by atoms with Gasteiger partial charge in [-0.1, -0.05) is 23.7 Å². The first kappa shape index (κ1) is 24.4. The molecule has 1 heterocycles. The Morgan fingerprint density at radius 3 is 2.14 bits per heavy atom. The number of carbonyl (C=O) groups is 3. The molecule has 0 atom stereocenters. The number of likely N-dealkylation sites (tertiary alicyclic amines) is 1. The molecule has 2 amide bonds. The second-order valence-corrected chi connectivity index (χ2v) is 8.70. The summed E-state index contributed by atoms with van der Waals surface area (Å²) >= 11 is 5.86. The third-order valence-corrected chi connectivity index (χ3v) is 6.10. The number of rotatable bonds is 7. The maximum Gasteiger partial charge on any atom is 0.258 e. The summed E-state index contributed by atoms with van der Waals surface area (Å²) in [6.07, 6.45) is 1.15. The number of ether oxygens (including phenoxy) is 1. The number of halogens is 2. The average molecular weight is 495 g/mol. The number of hydrogen-bond acceptors (Lipinski definition) is 4. The summed E-state index contributed by atoms with van der Waals surface area (Å²) in [5.41, 5.74) is 1.09. The van der Waals surface area contributed by atoms with Crippen molar-refractivity contribution >= 4 is 29.2 Å². The minimum absolute atomic E-state index is 0.0595. The SMILES string of the molecule is O=C(COc1ccc(C(=O)c2ccc(Cl)cc2)cc1)NC1CCN(C(=O)c2ccccc2F)CC1. The number of benzene rings is 3. The van der Waals surface area contributed by atoms with Gasteiger partial charge in [0.05, 0.1) is 5.56 Å². The topological polar surface area (TPSA) is 75.7 Å². The van der Waals surface area contributed by atoms with Crippen molar-refractivity contribution in [2.75, 3.05) is 19.7 Å². The third-order valence-electron chi connectivity index (χ3n) is 5.84. The molecule has 0 radical (unpaired) electrons. The van der Waals surface area contributed by atoms with Gasteiger partial charge < -0.3 is 15.0 Å². The summed E-state index contributed by atoms with van der Waals surface area (Å²) < 4.78 is 19.4. The fourth-order valence-electron chi connectivity index (χ4n) is 3.92. The summed E-state index contributed by atoms with van der Waals surface area (Å²) in [4.78, 5) is 39.0. The Hall–Kier alpha value is -3.71. The van der Waals surface area contributed by atoms with Gasteiger partial charge in [0.15, 0.2) is 12.4 Å². The second kappa shape index (κ2) is 11.1. The van der Waals surface area contributed by atoms with Crippen LogP contribution in [0, 0.1) is 5.82 Å². The molecule has 1 N–H and O–H groups in total. The van der Waals surface area contributed by atoms with Crippen LogP contribution in [0.1, 0.15) is 39.1 Å². The first-order valence-corrected chi connectivity index (χ1v) is 11.6. The van der Waals surface area contributed by atoms with Crippen LogP contribution in [0.3, 0.4) is 0 Å². The number of nitrogens with zero attached hydrogens (tertiary/aromatic N) is 1. The van der Waals surface area contributed by atoms with Crippen LogP contribution in [0.4, 0.5) is 4.39 Å². The number of piperidine rings is 1. The average Bonchev–Trinajstić information content (AvgIpc) is 2.88. The molecule has 6 nitrogen and oxygen atoms in total. The van der Waals surface area contributed by atoms with E-state index in [1.165, 1.54) is 12.1 Å². The van der Waals surface area contributed by atoms with E-state index in [4.69, 9.17) is 16.3 Å². The second-order valence-electron chi connectivity index (χ2n) is 8.26. The highest BCUT2D eigenvalue weighted by Gasteiger charge is 2.26. The Morgan fingerprint density at radius 2 is 1.51 bits per heavy atom. The molecule has 180 valence electrons. The molecule has 4 rings (SSSR count). The van der Waals surface area contributed by atoms with Crippen LogP contribution in [0.15, 0.2) is 72.8 Å². The summed E-state index contributed by atoms with van der Waals surface area (Å²) in [5.74, 6) is -0.809. The fourth-order valence-corrected chi connectivity index (χ4v) is 4.05. The van der Waals surface area contributed by atoms with Crippen molar-refractivity contribution in [1.29, 1.82) is 0 Å². The third kappa shape index (κ3) is 6.25.